The molecule has 1 aromatic rings. The molecule has 1 N–H and O–H groups in total. The lowest BCUT2D eigenvalue weighted by molar-refractivity contribution is 0.397. The molecule has 0 saturated heterocycles. The van der Waals surface area contributed by atoms with Crippen molar-refractivity contribution in [3.63, 3.8) is 0 Å². The molecule has 0 bridgehead atoms. The fourth-order valence-electron chi connectivity index (χ4n) is 2.29. The summed E-state index contributed by atoms with van der Waals surface area (Å²) in [6.07, 6.45) is 1.16. The van der Waals surface area contributed by atoms with Crippen LogP contribution in [-0.2, 0) is 5.75 Å². The van der Waals surface area contributed by atoms with Crippen LogP contribution in [0.25, 0.3) is 0 Å². The maximum absolute atomic E-state index is 5.53. The van der Waals surface area contributed by atoms with Crippen molar-refractivity contribution in [3.8, 4) is 5.75 Å². The van der Waals surface area contributed by atoms with E-state index in [1.165, 1.54) is 27.8 Å². The van der Waals surface area contributed by atoms with Crippen molar-refractivity contribution in [2.24, 2.45) is 0 Å². The number of hydrogen-bond donors (Lipinski definition) is 1. The standard InChI is InChI=1S/C13H18BrNOS/c1-3-15-11-6-7-17-8-9-10(14)4-5-12(16-2)13(9)11/h4-5,11,15H,3,6-8H2,1-2H3. The zero-order valence-electron chi connectivity index (χ0n) is 10.3. The van der Waals surface area contributed by atoms with Crippen LogP contribution in [-0.4, -0.2) is 19.4 Å². The summed E-state index contributed by atoms with van der Waals surface area (Å²) in [5.74, 6) is 3.27. The zero-order chi connectivity index (χ0) is 12.3. The highest BCUT2D eigenvalue weighted by Gasteiger charge is 2.23. The molecule has 0 amide bonds. The smallest absolute Gasteiger partial charge is 0.124 e. The summed E-state index contributed by atoms with van der Waals surface area (Å²) in [5, 5.41) is 3.57. The molecule has 0 fully saturated rings. The minimum Gasteiger partial charge on any atom is -0.496 e. The second-order valence-corrected chi connectivity index (χ2v) is 6.05. The van der Waals surface area contributed by atoms with E-state index in [4.69, 9.17) is 4.74 Å². The number of hydrogen-bond acceptors (Lipinski definition) is 3. The van der Waals surface area contributed by atoms with Crippen LogP contribution < -0.4 is 10.1 Å². The zero-order valence-corrected chi connectivity index (χ0v) is 12.7. The van der Waals surface area contributed by atoms with Gasteiger partial charge in [0, 0.05) is 21.8 Å². The minimum absolute atomic E-state index is 0.414. The van der Waals surface area contributed by atoms with Gasteiger partial charge >= 0.3 is 0 Å². The highest BCUT2D eigenvalue weighted by molar-refractivity contribution is 9.10. The van der Waals surface area contributed by atoms with Crippen LogP contribution in [0.5, 0.6) is 5.75 Å². The predicted molar refractivity (Wildman–Crippen MR) is 77.9 cm³/mol. The molecule has 2 nitrogen and oxygen atoms in total. The number of fused-ring (bicyclic) bond motifs is 1. The average Bonchev–Trinajstić information content (AvgIpc) is 2.54. The third kappa shape index (κ3) is 2.80. The Morgan fingerprint density at radius 3 is 3.06 bits per heavy atom. The van der Waals surface area contributed by atoms with Crippen LogP contribution in [0.3, 0.4) is 0 Å². The molecule has 1 aliphatic heterocycles. The summed E-state index contributed by atoms with van der Waals surface area (Å²) in [6.45, 7) is 3.15. The first kappa shape index (κ1) is 13.2. The summed E-state index contributed by atoms with van der Waals surface area (Å²) in [7, 11) is 1.75. The van der Waals surface area contributed by atoms with Crippen molar-refractivity contribution < 1.29 is 4.74 Å². The SMILES string of the molecule is CCNC1CCSCc2c(Br)ccc(OC)c21. The first-order chi connectivity index (χ1) is 8.27. The fourth-order valence-corrected chi connectivity index (χ4v) is 4.03. The molecule has 0 aromatic heterocycles. The van der Waals surface area contributed by atoms with Crippen molar-refractivity contribution >= 4 is 27.7 Å². The van der Waals surface area contributed by atoms with Gasteiger partial charge in [-0.1, -0.05) is 22.9 Å². The summed E-state index contributed by atoms with van der Waals surface area (Å²) >= 11 is 5.66. The predicted octanol–water partition coefficient (Wildman–Crippen LogP) is 3.75. The van der Waals surface area contributed by atoms with Gasteiger partial charge in [0.15, 0.2) is 0 Å². The molecule has 0 radical (unpaired) electrons. The highest BCUT2D eigenvalue weighted by atomic mass is 79.9. The molecular formula is C13H18BrNOS. The number of ether oxygens (including phenoxy) is 1. The van der Waals surface area contributed by atoms with Crippen LogP contribution in [0.15, 0.2) is 16.6 Å². The molecule has 17 heavy (non-hydrogen) atoms. The third-order valence-electron chi connectivity index (χ3n) is 3.08. The van der Waals surface area contributed by atoms with Gasteiger partial charge in [-0.15, -0.1) is 0 Å². The molecule has 4 heteroatoms. The van der Waals surface area contributed by atoms with Gasteiger partial charge in [0.2, 0.25) is 0 Å². The second-order valence-electron chi connectivity index (χ2n) is 4.09. The van der Waals surface area contributed by atoms with Gasteiger partial charge < -0.3 is 10.1 Å². The summed E-state index contributed by atoms with van der Waals surface area (Å²) in [4.78, 5) is 0. The minimum atomic E-state index is 0.414. The highest BCUT2D eigenvalue weighted by Crippen LogP contribution is 2.40. The Morgan fingerprint density at radius 2 is 2.35 bits per heavy atom. The third-order valence-corrected chi connectivity index (χ3v) is 4.84. The average molecular weight is 316 g/mol. The Hall–Kier alpha value is -0.190. The molecular weight excluding hydrogens is 298 g/mol. The normalized spacial score (nSPS) is 19.6. The summed E-state index contributed by atoms with van der Waals surface area (Å²) in [6, 6.07) is 4.56. The second kappa shape index (κ2) is 6.12. The molecule has 94 valence electrons. The van der Waals surface area contributed by atoms with Crippen LogP contribution in [0.1, 0.15) is 30.5 Å². The van der Waals surface area contributed by atoms with Gasteiger partial charge in [0.05, 0.1) is 7.11 Å². The quantitative estimate of drug-likeness (QED) is 0.918. The van der Waals surface area contributed by atoms with E-state index in [0.717, 1.165) is 18.0 Å². The van der Waals surface area contributed by atoms with Crippen LogP contribution in [0.2, 0.25) is 0 Å². The molecule has 0 saturated carbocycles. The molecule has 0 spiro atoms. The van der Waals surface area contributed by atoms with Gasteiger partial charge in [-0.2, -0.15) is 11.8 Å². The lowest BCUT2D eigenvalue weighted by atomic mass is 9.98. The van der Waals surface area contributed by atoms with Gasteiger partial charge in [0.1, 0.15) is 5.75 Å². The molecule has 1 aromatic carbocycles. The van der Waals surface area contributed by atoms with E-state index in [1.54, 1.807) is 7.11 Å². The Kier molecular flexibility index (Phi) is 4.77. The molecule has 1 heterocycles. The largest absolute Gasteiger partial charge is 0.496 e. The van der Waals surface area contributed by atoms with Gasteiger partial charge in [0.25, 0.3) is 0 Å². The van der Waals surface area contributed by atoms with E-state index >= 15 is 0 Å². The van der Waals surface area contributed by atoms with E-state index < -0.39 is 0 Å². The van der Waals surface area contributed by atoms with E-state index in [9.17, 15) is 0 Å². The monoisotopic (exact) mass is 315 g/mol. The topological polar surface area (TPSA) is 21.3 Å². The van der Waals surface area contributed by atoms with E-state index in [-0.39, 0.29) is 0 Å². The number of thioether (sulfide) groups is 1. The number of halogens is 1. The van der Waals surface area contributed by atoms with Crippen molar-refractivity contribution in [2.45, 2.75) is 25.1 Å². The summed E-state index contributed by atoms with van der Waals surface area (Å²) in [5.41, 5.74) is 2.73. The first-order valence-corrected chi connectivity index (χ1v) is 7.89. The maximum atomic E-state index is 5.53. The van der Waals surface area contributed by atoms with E-state index in [2.05, 4.69) is 40.3 Å². The molecule has 2 rings (SSSR count). The van der Waals surface area contributed by atoms with Gasteiger partial charge in [-0.3, -0.25) is 0 Å². The Balaban J connectivity index is 2.49. The lowest BCUT2D eigenvalue weighted by Crippen LogP contribution is -2.22. The van der Waals surface area contributed by atoms with E-state index in [1.807, 2.05) is 11.8 Å². The molecule has 1 aliphatic rings. The molecule has 1 unspecified atom stereocenters. The lowest BCUT2D eigenvalue weighted by Gasteiger charge is -2.21. The fraction of sp³-hybridized carbons (Fsp3) is 0.538. The van der Waals surface area contributed by atoms with Crippen molar-refractivity contribution in [1.29, 1.82) is 0 Å². The van der Waals surface area contributed by atoms with Crippen LogP contribution in [0.4, 0.5) is 0 Å². The van der Waals surface area contributed by atoms with Crippen molar-refractivity contribution in [3.05, 3.63) is 27.7 Å². The number of rotatable bonds is 3. The summed E-state index contributed by atoms with van der Waals surface area (Å²) < 4.78 is 6.73. The van der Waals surface area contributed by atoms with Crippen molar-refractivity contribution in [1.82, 2.24) is 5.32 Å². The van der Waals surface area contributed by atoms with Crippen LogP contribution >= 0.6 is 27.7 Å². The Labute approximate surface area is 116 Å². The molecule has 1 atom stereocenters. The number of nitrogens with one attached hydrogen (secondary N) is 1. The molecule has 0 aliphatic carbocycles. The van der Waals surface area contributed by atoms with Gasteiger partial charge in [-0.05, 0) is 36.4 Å². The maximum Gasteiger partial charge on any atom is 0.124 e. The Morgan fingerprint density at radius 1 is 1.53 bits per heavy atom. The first-order valence-electron chi connectivity index (χ1n) is 5.94. The van der Waals surface area contributed by atoms with Crippen molar-refractivity contribution in [2.75, 3.05) is 19.4 Å². The number of benzene rings is 1. The number of methoxy groups -OCH3 is 1. The Bertz CT molecular complexity index is 397. The van der Waals surface area contributed by atoms with E-state index in [0.29, 0.717) is 6.04 Å². The van der Waals surface area contributed by atoms with Crippen LogP contribution in [0, 0.1) is 0 Å². The van der Waals surface area contributed by atoms with Gasteiger partial charge in [-0.25, -0.2) is 0 Å².